The summed E-state index contributed by atoms with van der Waals surface area (Å²) in [6.07, 6.45) is 5.90. The Morgan fingerprint density at radius 1 is 1.09 bits per heavy atom. The van der Waals surface area contributed by atoms with E-state index in [1.165, 1.54) is 0 Å². The maximum atomic E-state index is 11.7. The molecule has 0 aliphatic rings. The minimum atomic E-state index is 0.106. The van der Waals surface area contributed by atoms with Crippen LogP contribution in [0.4, 0.5) is 0 Å². The Hall–Kier alpha value is -1.84. The summed E-state index contributed by atoms with van der Waals surface area (Å²) >= 11 is 0. The van der Waals surface area contributed by atoms with Gasteiger partial charge in [0.1, 0.15) is 11.5 Å². The molecule has 0 saturated heterocycles. The summed E-state index contributed by atoms with van der Waals surface area (Å²) in [6.45, 7) is 2.27. The first kappa shape index (κ1) is 18.2. The molecule has 0 spiro atoms. The summed E-state index contributed by atoms with van der Waals surface area (Å²) in [7, 11) is 1.65. The van der Waals surface area contributed by atoms with E-state index < -0.39 is 0 Å². The van der Waals surface area contributed by atoms with E-state index in [4.69, 9.17) is 4.74 Å². The molecule has 0 aliphatic heterocycles. The van der Waals surface area contributed by atoms with E-state index in [0.717, 1.165) is 43.4 Å². The van der Waals surface area contributed by atoms with Gasteiger partial charge in [0.25, 0.3) is 0 Å². The number of ketones is 1. The fraction of sp³-hybridized carbons (Fsp3) is 0.556. The van der Waals surface area contributed by atoms with Gasteiger partial charge in [-0.1, -0.05) is 25.0 Å². The highest BCUT2D eigenvalue weighted by atomic mass is 16.5. The number of amides is 1. The third-order valence-electron chi connectivity index (χ3n) is 3.55. The lowest BCUT2D eigenvalue weighted by Crippen LogP contribution is -2.25. The van der Waals surface area contributed by atoms with Crippen molar-refractivity contribution in [1.29, 1.82) is 0 Å². The Kier molecular flexibility index (Phi) is 8.96. The first-order valence-electron chi connectivity index (χ1n) is 8.01. The second-order valence-corrected chi connectivity index (χ2v) is 5.57. The van der Waals surface area contributed by atoms with E-state index in [9.17, 15) is 9.59 Å². The first-order chi connectivity index (χ1) is 10.6. The zero-order chi connectivity index (χ0) is 16.2. The summed E-state index contributed by atoms with van der Waals surface area (Å²) in [5.74, 6) is 1.19. The van der Waals surface area contributed by atoms with Crippen molar-refractivity contribution in [3.05, 3.63) is 29.8 Å². The fourth-order valence-corrected chi connectivity index (χ4v) is 2.28. The van der Waals surface area contributed by atoms with Crippen molar-refractivity contribution >= 4 is 11.7 Å². The molecule has 0 saturated carbocycles. The molecule has 1 aromatic rings. The predicted molar refractivity (Wildman–Crippen MR) is 88.1 cm³/mol. The molecule has 0 unspecified atom stereocenters. The molecule has 4 heteroatoms. The zero-order valence-corrected chi connectivity index (χ0v) is 13.7. The van der Waals surface area contributed by atoms with Crippen molar-refractivity contribution in [2.75, 3.05) is 13.7 Å². The van der Waals surface area contributed by atoms with Crippen molar-refractivity contribution < 1.29 is 14.3 Å². The van der Waals surface area contributed by atoms with Gasteiger partial charge >= 0.3 is 0 Å². The summed E-state index contributed by atoms with van der Waals surface area (Å²) in [4.78, 5) is 22.5. The molecule has 0 bridgehead atoms. The number of hydrogen-bond acceptors (Lipinski definition) is 3. The summed E-state index contributed by atoms with van der Waals surface area (Å²) in [6, 6.07) is 7.89. The Morgan fingerprint density at radius 2 is 1.82 bits per heavy atom. The molecule has 1 N–H and O–H groups in total. The fourth-order valence-electron chi connectivity index (χ4n) is 2.28. The lowest BCUT2D eigenvalue weighted by molar-refractivity contribution is -0.121. The second kappa shape index (κ2) is 10.8. The van der Waals surface area contributed by atoms with Crippen LogP contribution in [0.1, 0.15) is 51.0 Å². The van der Waals surface area contributed by atoms with Crippen LogP contribution in [-0.2, 0) is 16.0 Å². The maximum Gasteiger partial charge on any atom is 0.220 e. The van der Waals surface area contributed by atoms with Crippen molar-refractivity contribution in [3.8, 4) is 5.75 Å². The zero-order valence-electron chi connectivity index (χ0n) is 13.7. The number of unbranched alkanes of at least 4 members (excludes halogenated alkanes) is 3. The molecule has 1 amide bonds. The van der Waals surface area contributed by atoms with Gasteiger partial charge in [0, 0.05) is 19.4 Å². The van der Waals surface area contributed by atoms with Crippen molar-refractivity contribution in [2.45, 2.75) is 51.9 Å². The predicted octanol–water partition coefficient (Wildman–Crippen LogP) is 3.28. The van der Waals surface area contributed by atoms with E-state index in [0.29, 0.717) is 19.4 Å². The third-order valence-corrected chi connectivity index (χ3v) is 3.55. The van der Waals surface area contributed by atoms with E-state index in [2.05, 4.69) is 5.32 Å². The number of Topliss-reactive ketones (excluding diaryl/α,β-unsaturated/α-hetero) is 1. The number of carbonyl (C=O) groups excluding carboxylic acids is 2. The molecule has 0 radical (unpaired) electrons. The molecule has 122 valence electrons. The van der Waals surface area contributed by atoms with Gasteiger partial charge in [0.2, 0.25) is 5.91 Å². The maximum absolute atomic E-state index is 11.7. The minimum absolute atomic E-state index is 0.106. The molecule has 22 heavy (non-hydrogen) atoms. The van der Waals surface area contributed by atoms with Crippen molar-refractivity contribution in [3.63, 3.8) is 0 Å². The van der Waals surface area contributed by atoms with Crippen LogP contribution < -0.4 is 10.1 Å². The Labute approximate surface area is 133 Å². The number of methoxy groups -OCH3 is 1. The summed E-state index contributed by atoms with van der Waals surface area (Å²) in [5, 5.41) is 2.94. The summed E-state index contributed by atoms with van der Waals surface area (Å²) < 4.78 is 5.17. The van der Waals surface area contributed by atoms with Crippen LogP contribution in [0.15, 0.2) is 24.3 Å². The molecule has 4 nitrogen and oxygen atoms in total. The van der Waals surface area contributed by atoms with Gasteiger partial charge in [-0.15, -0.1) is 0 Å². The molecule has 0 aliphatic carbocycles. The SMILES string of the molecule is COc1cccc(CCNC(=O)CCCCCCC(C)=O)c1. The van der Waals surface area contributed by atoms with Crippen LogP contribution >= 0.6 is 0 Å². The molecule has 0 heterocycles. The molecule has 0 aromatic heterocycles. The van der Waals surface area contributed by atoms with Gasteiger partial charge in [0.05, 0.1) is 7.11 Å². The quantitative estimate of drug-likeness (QED) is 0.638. The first-order valence-corrected chi connectivity index (χ1v) is 8.01. The van der Waals surface area contributed by atoms with Gasteiger partial charge in [-0.25, -0.2) is 0 Å². The number of ether oxygens (including phenoxy) is 1. The van der Waals surface area contributed by atoms with Gasteiger partial charge in [-0.2, -0.15) is 0 Å². The van der Waals surface area contributed by atoms with Gasteiger partial charge in [-0.3, -0.25) is 4.79 Å². The molecule has 0 fully saturated rings. The molecule has 1 rings (SSSR count). The highest BCUT2D eigenvalue weighted by molar-refractivity contribution is 5.76. The van der Waals surface area contributed by atoms with Crippen LogP contribution in [0.3, 0.4) is 0 Å². The number of nitrogens with one attached hydrogen (secondary N) is 1. The Balaban J connectivity index is 2.07. The second-order valence-electron chi connectivity index (χ2n) is 5.57. The van der Waals surface area contributed by atoms with Crippen LogP contribution in [-0.4, -0.2) is 25.3 Å². The molecular weight excluding hydrogens is 278 g/mol. The van der Waals surface area contributed by atoms with E-state index >= 15 is 0 Å². The average Bonchev–Trinajstić information content (AvgIpc) is 2.50. The molecular formula is C18H27NO3. The Morgan fingerprint density at radius 3 is 2.50 bits per heavy atom. The molecule has 1 aromatic carbocycles. The third kappa shape index (κ3) is 8.45. The van der Waals surface area contributed by atoms with Crippen molar-refractivity contribution in [2.24, 2.45) is 0 Å². The van der Waals surface area contributed by atoms with Crippen LogP contribution in [0.25, 0.3) is 0 Å². The standard InChI is InChI=1S/C18H27NO3/c1-15(20)8-5-3-4-6-11-18(21)19-13-12-16-9-7-10-17(14-16)22-2/h7,9-10,14H,3-6,8,11-13H2,1-2H3,(H,19,21). The van der Waals surface area contributed by atoms with Gasteiger partial charge in [0.15, 0.2) is 0 Å². The van der Waals surface area contributed by atoms with Crippen LogP contribution in [0.5, 0.6) is 5.75 Å². The smallest absolute Gasteiger partial charge is 0.220 e. The monoisotopic (exact) mass is 305 g/mol. The average molecular weight is 305 g/mol. The summed E-state index contributed by atoms with van der Waals surface area (Å²) in [5.41, 5.74) is 1.16. The van der Waals surface area contributed by atoms with Gasteiger partial charge < -0.3 is 14.8 Å². The Bertz CT molecular complexity index is 471. The largest absolute Gasteiger partial charge is 0.497 e. The number of hydrogen-bond donors (Lipinski definition) is 1. The molecule has 0 atom stereocenters. The highest BCUT2D eigenvalue weighted by Gasteiger charge is 2.02. The van der Waals surface area contributed by atoms with E-state index in [1.807, 2.05) is 24.3 Å². The lowest BCUT2D eigenvalue weighted by Gasteiger charge is -2.07. The van der Waals surface area contributed by atoms with Crippen LogP contribution in [0, 0.1) is 0 Å². The topological polar surface area (TPSA) is 55.4 Å². The minimum Gasteiger partial charge on any atom is -0.497 e. The van der Waals surface area contributed by atoms with E-state index in [1.54, 1.807) is 14.0 Å². The number of rotatable bonds is 11. The number of benzene rings is 1. The van der Waals surface area contributed by atoms with E-state index in [-0.39, 0.29) is 11.7 Å². The lowest BCUT2D eigenvalue weighted by atomic mass is 10.1. The van der Waals surface area contributed by atoms with Crippen LogP contribution in [0.2, 0.25) is 0 Å². The van der Waals surface area contributed by atoms with Crippen molar-refractivity contribution in [1.82, 2.24) is 5.32 Å². The highest BCUT2D eigenvalue weighted by Crippen LogP contribution is 2.12. The van der Waals surface area contributed by atoms with Gasteiger partial charge in [-0.05, 0) is 43.9 Å². The number of carbonyl (C=O) groups is 2. The normalized spacial score (nSPS) is 10.3.